The highest BCUT2D eigenvalue weighted by molar-refractivity contribution is 5.73. The number of nitrogens with zero attached hydrogens (tertiary/aromatic N) is 2. The molecule has 0 aromatic rings. The Morgan fingerprint density at radius 1 is 1.58 bits per heavy atom. The zero-order valence-corrected chi connectivity index (χ0v) is 8.21. The van der Waals surface area contributed by atoms with Crippen LogP contribution in [-0.2, 0) is 4.79 Å². The first-order valence-electron chi connectivity index (χ1n) is 4.50. The molecule has 0 aliphatic carbocycles. The predicted octanol–water partition coefficient (Wildman–Crippen LogP) is 0.416. The van der Waals surface area contributed by atoms with Crippen LogP contribution < -0.4 is 0 Å². The number of rotatable bonds is 2. The maximum absolute atomic E-state index is 11.0. The maximum atomic E-state index is 11.0. The van der Waals surface area contributed by atoms with E-state index in [9.17, 15) is 4.79 Å². The van der Waals surface area contributed by atoms with Crippen LogP contribution in [0.3, 0.4) is 0 Å². The summed E-state index contributed by atoms with van der Waals surface area (Å²) in [5.74, 6) is 0.903. The van der Waals surface area contributed by atoms with Gasteiger partial charge in [-0.15, -0.1) is 0 Å². The lowest BCUT2D eigenvalue weighted by molar-refractivity contribution is -0.127. The van der Waals surface area contributed by atoms with E-state index in [0.717, 1.165) is 26.1 Å². The molecule has 0 spiro atoms. The highest BCUT2D eigenvalue weighted by Gasteiger charge is 2.23. The summed E-state index contributed by atoms with van der Waals surface area (Å²) in [5.41, 5.74) is 0. The van der Waals surface area contributed by atoms with Crippen molar-refractivity contribution in [2.24, 2.45) is 5.92 Å². The van der Waals surface area contributed by atoms with Crippen LogP contribution in [0.25, 0.3) is 0 Å². The molecular formula is C9H18N2O. The summed E-state index contributed by atoms with van der Waals surface area (Å²) in [6.45, 7) is 4.66. The second-order valence-electron chi connectivity index (χ2n) is 3.88. The van der Waals surface area contributed by atoms with Crippen molar-refractivity contribution in [2.45, 2.75) is 13.3 Å². The molecule has 70 valence electrons. The average molecular weight is 170 g/mol. The quantitative estimate of drug-likeness (QED) is 0.599. The number of likely N-dealkylation sites (tertiary alicyclic amines) is 1. The standard InChI is InChI=1S/C9H18N2O/c1-8(12)11-5-4-9(7-11)6-10(2)3/h9H,4-7H2,1-3H3. The molecule has 0 bridgehead atoms. The third-order valence-corrected chi connectivity index (χ3v) is 2.35. The van der Waals surface area contributed by atoms with Gasteiger partial charge >= 0.3 is 0 Å². The van der Waals surface area contributed by atoms with Gasteiger partial charge in [-0.1, -0.05) is 0 Å². The van der Waals surface area contributed by atoms with Crippen LogP contribution in [0.1, 0.15) is 13.3 Å². The monoisotopic (exact) mass is 170 g/mol. The van der Waals surface area contributed by atoms with E-state index >= 15 is 0 Å². The van der Waals surface area contributed by atoms with E-state index in [0.29, 0.717) is 5.92 Å². The van der Waals surface area contributed by atoms with Gasteiger partial charge in [-0.2, -0.15) is 0 Å². The summed E-state index contributed by atoms with van der Waals surface area (Å²) in [6, 6.07) is 0. The van der Waals surface area contributed by atoms with E-state index < -0.39 is 0 Å². The molecule has 0 radical (unpaired) electrons. The second kappa shape index (κ2) is 3.90. The molecule has 1 unspecified atom stereocenters. The van der Waals surface area contributed by atoms with Gasteiger partial charge in [-0.05, 0) is 26.4 Å². The maximum Gasteiger partial charge on any atom is 0.219 e. The number of amides is 1. The first kappa shape index (κ1) is 9.52. The van der Waals surface area contributed by atoms with E-state index in [-0.39, 0.29) is 5.91 Å². The first-order chi connectivity index (χ1) is 5.59. The van der Waals surface area contributed by atoms with Crippen LogP contribution in [0.2, 0.25) is 0 Å². The Morgan fingerprint density at radius 3 is 2.67 bits per heavy atom. The van der Waals surface area contributed by atoms with Crippen LogP contribution >= 0.6 is 0 Å². The minimum atomic E-state index is 0.219. The van der Waals surface area contributed by atoms with Crippen molar-refractivity contribution in [3.05, 3.63) is 0 Å². The second-order valence-corrected chi connectivity index (χ2v) is 3.88. The summed E-state index contributed by atoms with van der Waals surface area (Å²) in [4.78, 5) is 15.1. The molecule has 0 aromatic heterocycles. The molecule has 1 saturated heterocycles. The molecule has 1 aliphatic heterocycles. The predicted molar refractivity (Wildman–Crippen MR) is 48.9 cm³/mol. The summed E-state index contributed by atoms with van der Waals surface area (Å²) < 4.78 is 0. The SMILES string of the molecule is CC(=O)N1CCC(CN(C)C)C1. The van der Waals surface area contributed by atoms with Crippen molar-refractivity contribution in [3.63, 3.8) is 0 Å². The Morgan fingerprint density at radius 2 is 2.25 bits per heavy atom. The summed E-state index contributed by atoms with van der Waals surface area (Å²) >= 11 is 0. The van der Waals surface area contributed by atoms with Crippen LogP contribution in [0.15, 0.2) is 0 Å². The van der Waals surface area contributed by atoms with Gasteiger partial charge in [0.2, 0.25) is 5.91 Å². The minimum absolute atomic E-state index is 0.219. The van der Waals surface area contributed by atoms with Gasteiger partial charge in [0, 0.05) is 26.6 Å². The largest absolute Gasteiger partial charge is 0.343 e. The minimum Gasteiger partial charge on any atom is -0.343 e. The van der Waals surface area contributed by atoms with Crippen molar-refractivity contribution in [3.8, 4) is 0 Å². The smallest absolute Gasteiger partial charge is 0.219 e. The molecule has 1 aliphatic rings. The van der Waals surface area contributed by atoms with E-state index in [1.165, 1.54) is 0 Å². The lowest BCUT2D eigenvalue weighted by Crippen LogP contribution is -2.28. The molecule has 0 N–H and O–H groups in total. The van der Waals surface area contributed by atoms with Gasteiger partial charge in [0.25, 0.3) is 0 Å². The third-order valence-electron chi connectivity index (χ3n) is 2.35. The number of hydrogen-bond acceptors (Lipinski definition) is 2. The van der Waals surface area contributed by atoms with E-state index in [1.807, 2.05) is 4.90 Å². The van der Waals surface area contributed by atoms with Crippen molar-refractivity contribution < 1.29 is 4.79 Å². The fourth-order valence-corrected chi connectivity index (χ4v) is 1.78. The molecule has 1 fully saturated rings. The van der Waals surface area contributed by atoms with Crippen molar-refractivity contribution in [1.29, 1.82) is 0 Å². The van der Waals surface area contributed by atoms with Gasteiger partial charge in [-0.25, -0.2) is 0 Å². The molecule has 12 heavy (non-hydrogen) atoms. The molecule has 1 rings (SSSR count). The van der Waals surface area contributed by atoms with Crippen LogP contribution in [0, 0.1) is 5.92 Å². The van der Waals surface area contributed by atoms with Crippen molar-refractivity contribution >= 4 is 5.91 Å². The Bertz CT molecular complexity index is 168. The Hall–Kier alpha value is -0.570. The van der Waals surface area contributed by atoms with Crippen LogP contribution in [0.4, 0.5) is 0 Å². The highest BCUT2D eigenvalue weighted by atomic mass is 16.2. The summed E-state index contributed by atoms with van der Waals surface area (Å²) in [5, 5.41) is 0. The molecule has 0 aromatic carbocycles. The Labute approximate surface area is 74.3 Å². The third kappa shape index (κ3) is 2.48. The molecule has 1 atom stereocenters. The number of carbonyl (C=O) groups excluding carboxylic acids is 1. The van der Waals surface area contributed by atoms with E-state index in [4.69, 9.17) is 0 Å². The van der Waals surface area contributed by atoms with Crippen LogP contribution in [0.5, 0.6) is 0 Å². The molecule has 1 amide bonds. The fraction of sp³-hybridized carbons (Fsp3) is 0.889. The normalized spacial score (nSPS) is 23.7. The zero-order valence-electron chi connectivity index (χ0n) is 8.21. The first-order valence-corrected chi connectivity index (χ1v) is 4.50. The lowest BCUT2D eigenvalue weighted by atomic mass is 10.1. The topological polar surface area (TPSA) is 23.6 Å². The number of hydrogen-bond donors (Lipinski definition) is 0. The molecule has 1 heterocycles. The summed E-state index contributed by atoms with van der Waals surface area (Å²) in [6.07, 6.45) is 1.16. The molecule has 3 heteroatoms. The fourth-order valence-electron chi connectivity index (χ4n) is 1.78. The average Bonchev–Trinajstić information content (AvgIpc) is 2.34. The van der Waals surface area contributed by atoms with Gasteiger partial charge in [-0.3, -0.25) is 4.79 Å². The van der Waals surface area contributed by atoms with Gasteiger partial charge < -0.3 is 9.80 Å². The van der Waals surface area contributed by atoms with E-state index in [2.05, 4.69) is 19.0 Å². The van der Waals surface area contributed by atoms with Crippen molar-refractivity contribution in [1.82, 2.24) is 9.80 Å². The Balaban J connectivity index is 2.30. The zero-order chi connectivity index (χ0) is 9.14. The van der Waals surface area contributed by atoms with Crippen LogP contribution in [-0.4, -0.2) is 49.4 Å². The van der Waals surface area contributed by atoms with Gasteiger partial charge in [0.1, 0.15) is 0 Å². The summed E-state index contributed by atoms with van der Waals surface area (Å²) in [7, 11) is 4.16. The van der Waals surface area contributed by atoms with Gasteiger partial charge in [0.15, 0.2) is 0 Å². The molecular weight excluding hydrogens is 152 g/mol. The Kier molecular flexibility index (Phi) is 3.09. The molecule has 0 saturated carbocycles. The van der Waals surface area contributed by atoms with E-state index in [1.54, 1.807) is 6.92 Å². The number of carbonyl (C=O) groups is 1. The highest BCUT2D eigenvalue weighted by Crippen LogP contribution is 2.16. The lowest BCUT2D eigenvalue weighted by Gasteiger charge is -2.16. The molecule has 3 nitrogen and oxygen atoms in total. The van der Waals surface area contributed by atoms with Crippen molar-refractivity contribution in [2.75, 3.05) is 33.7 Å². The van der Waals surface area contributed by atoms with Gasteiger partial charge in [0.05, 0.1) is 0 Å².